The van der Waals surface area contributed by atoms with E-state index in [1.54, 1.807) is 42.6 Å². The molecular weight excluding hydrogens is 456 g/mol. The average molecular weight is 477 g/mol. The molecule has 1 aromatic heterocycles. The summed E-state index contributed by atoms with van der Waals surface area (Å²) in [5, 5.41) is 7.05. The molecule has 6 nitrogen and oxygen atoms in total. The van der Waals surface area contributed by atoms with Crippen molar-refractivity contribution >= 4 is 40.9 Å². The molecule has 4 aromatic rings. The first kappa shape index (κ1) is 22.6. The molecule has 0 atom stereocenters. The van der Waals surface area contributed by atoms with Crippen molar-refractivity contribution in [1.82, 2.24) is 14.9 Å². The summed E-state index contributed by atoms with van der Waals surface area (Å²) < 4.78 is 1.88. The van der Waals surface area contributed by atoms with Crippen molar-refractivity contribution in [1.29, 1.82) is 0 Å². The van der Waals surface area contributed by atoms with Crippen LogP contribution in [-0.4, -0.2) is 27.1 Å². The molecule has 0 fully saturated rings. The quantitative estimate of drug-likeness (QED) is 0.343. The molecule has 0 aliphatic heterocycles. The zero-order valence-corrected chi connectivity index (χ0v) is 19.1. The minimum absolute atomic E-state index is 0.135. The van der Waals surface area contributed by atoms with Crippen LogP contribution in [0.4, 0.5) is 5.69 Å². The van der Waals surface area contributed by atoms with Gasteiger partial charge in [0.1, 0.15) is 0 Å². The number of carbonyl (C=O) groups excluding carboxylic acids is 2. The minimum Gasteiger partial charge on any atom is -0.348 e. The van der Waals surface area contributed by atoms with Gasteiger partial charge in [0.15, 0.2) is 5.16 Å². The van der Waals surface area contributed by atoms with Crippen LogP contribution in [0.25, 0.3) is 5.69 Å². The summed E-state index contributed by atoms with van der Waals surface area (Å²) in [6, 6.07) is 24.0. The molecule has 0 saturated carbocycles. The Kier molecular flexibility index (Phi) is 7.44. The number of carbonyl (C=O) groups is 2. The number of halogens is 1. The molecule has 3 aromatic carbocycles. The van der Waals surface area contributed by atoms with E-state index in [4.69, 9.17) is 11.6 Å². The highest BCUT2D eigenvalue weighted by Crippen LogP contribution is 2.21. The van der Waals surface area contributed by atoms with Crippen molar-refractivity contribution < 1.29 is 9.59 Å². The Hall–Kier alpha value is -3.55. The Morgan fingerprint density at radius 2 is 1.67 bits per heavy atom. The summed E-state index contributed by atoms with van der Waals surface area (Å²) in [5.41, 5.74) is 3.16. The highest BCUT2D eigenvalue weighted by Gasteiger charge is 2.11. The Bertz CT molecular complexity index is 1230. The van der Waals surface area contributed by atoms with E-state index in [1.807, 2.05) is 53.2 Å². The number of anilines is 1. The van der Waals surface area contributed by atoms with Gasteiger partial charge in [0, 0.05) is 40.9 Å². The van der Waals surface area contributed by atoms with E-state index in [0.29, 0.717) is 28.0 Å². The first-order chi connectivity index (χ1) is 16.1. The molecule has 1 heterocycles. The number of amides is 2. The number of aromatic nitrogens is 2. The van der Waals surface area contributed by atoms with Crippen LogP contribution in [0.5, 0.6) is 0 Å². The van der Waals surface area contributed by atoms with E-state index in [1.165, 1.54) is 11.8 Å². The summed E-state index contributed by atoms with van der Waals surface area (Å²) in [7, 11) is 0. The zero-order valence-electron chi connectivity index (χ0n) is 17.6. The fourth-order valence-electron chi connectivity index (χ4n) is 3.11. The third-order valence-corrected chi connectivity index (χ3v) is 5.99. The highest BCUT2D eigenvalue weighted by atomic mass is 35.5. The molecule has 8 heteroatoms. The number of hydrogen-bond acceptors (Lipinski definition) is 4. The standard InChI is InChI=1S/C25H21ClN4O2S/c26-20-8-10-21(11-9-20)29-23(31)17-33-25-27-14-15-30(25)22-12-6-19(7-13-22)24(32)28-16-18-4-2-1-3-5-18/h1-15H,16-17H2,(H,28,32)(H,29,31). The number of nitrogens with zero attached hydrogens (tertiary/aromatic N) is 2. The lowest BCUT2D eigenvalue weighted by Crippen LogP contribution is -2.22. The summed E-state index contributed by atoms with van der Waals surface area (Å²) in [6.45, 7) is 0.474. The number of hydrogen-bond donors (Lipinski definition) is 2. The normalized spacial score (nSPS) is 10.6. The van der Waals surface area contributed by atoms with Gasteiger partial charge in [-0.05, 0) is 54.1 Å². The van der Waals surface area contributed by atoms with Gasteiger partial charge in [0.05, 0.1) is 5.75 Å². The first-order valence-corrected chi connectivity index (χ1v) is 11.6. The van der Waals surface area contributed by atoms with Crippen molar-refractivity contribution in [3.8, 4) is 5.69 Å². The van der Waals surface area contributed by atoms with E-state index in [-0.39, 0.29) is 17.6 Å². The Morgan fingerprint density at radius 1 is 0.939 bits per heavy atom. The third-order valence-electron chi connectivity index (χ3n) is 4.77. The van der Waals surface area contributed by atoms with Crippen molar-refractivity contribution in [2.45, 2.75) is 11.7 Å². The molecule has 166 valence electrons. The maximum atomic E-state index is 12.4. The fraction of sp³-hybridized carbons (Fsp3) is 0.0800. The van der Waals surface area contributed by atoms with E-state index in [9.17, 15) is 9.59 Å². The van der Waals surface area contributed by atoms with Crippen LogP contribution in [0.3, 0.4) is 0 Å². The second-order valence-corrected chi connectivity index (χ2v) is 8.52. The molecule has 0 aliphatic rings. The van der Waals surface area contributed by atoms with Gasteiger partial charge >= 0.3 is 0 Å². The molecule has 4 rings (SSSR count). The number of rotatable bonds is 8. The number of benzene rings is 3. The molecule has 0 bridgehead atoms. The smallest absolute Gasteiger partial charge is 0.251 e. The Balaban J connectivity index is 1.34. The lowest BCUT2D eigenvalue weighted by atomic mass is 10.1. The summed E-state index contributed by atoms with van der Waals surface area (Å²) in [4.78, 5) is 29.1. The molecule has 2 N–H and O–H groups in total. The van der Waals surface area contributed by atoms with Crippen LogP contribution in [-0.2, 0) is 11.3 Å². The third kappa shape index (κ3) is 6.25. The SMILES string of the molecule is O=C(CSc1nccn1-c1ccc(C(=O)NCc2ccccc2)cc1)Nc1ccc(Cl)cc1. The van der Waals surface area contributed by atoms with Crippen molar-refractivity contribution in [2.24, 2.45) is 0 Å². The van der Waals surface area contributed by atoms with Gasteiger partial charge in [-0.1, -0.05) is 53.7 Å². The number of imidazole rings is 1. The van der Waals surface area contributed by atoms with E-state index < -0.39 is 0 Å². The maximum Gasteiger partial charge on any atom is 0.251 e. The molecule has 0 spiro atoms. The van der Waals surface area contributed by atoms with Gasteiger partial charge in [0.25, 0.3) is 5.91 Å². The fourth-order valence-corrected chi connectivity index (χ4v) is 4.01. The molecule has 2 amide bonds. The predicted octanol–water partition coefficient (Wildman–Crippen LogP) is 5.19. The van der Waals surface area contributed by atoms with Crippen molar-refractivity contribution in [2.75, 3.05) is 11.1 Å². The molecule has 0 unspecified atom stereocenters. The Labute approximate surface area is 201 Å². The van der Waals surface area contributed by atoms with Crippen LogP contribution in [0.15, 0.2) is 96.4 Å². The lowest BCUT2D eigenvalue weighted by Gasteiger charge is -2.10. The van der Waals surface area contributed by atoms with Crippen LogP contribution >= 0.6 is 23.4 Å². The topological polar surface area (TPSA) is 76.0 Å². The molecule has 0 saturated heterocycles. The highest BCUT2D eigenvalue weighted by molar-refractivity contribution is 7.99. The minimum atomic E-state index is -0.137. The second-order valence-electron chi connectivity index (χ2n) is 7.14. The second kappa shape index (κ2) is 10.8. The van der Waals surface area contributed by atoms with Crippen LogP contribution in [0, 0.1) is 0 Å². The first-order valence-electron chi connectivity index (χ1n) is 10.2. The van der Waals surface area contributed by atoms with E-state index >= 15 is 0 Å². The Morgan fingerprint density at radius 3 is 2.39 bits per heavy atom. The monoisotopic (exact) mass is 476 g/mol. The van der Waals surface area contributed by atoms with Crippen molar-refractivity contribution in [3.05, 3.63) is 107 Å². The summed E-state index contributed by atoms with van der Waals surface area (Å²) >= 11 is 7.20. The van der Waals surface area contributed by atoms with Gasteiger partial charge in [-0.25, -0.2) is 4.98 Å². The van der Waals surface area contributed by atoms with Gasteiger partial charge in [-0.3, -0.25) is 14.2 Å². The van der Waals surface area contributed by atoms with Gasteiger partial charge in [-0.15, -0.1) is 0 Å². The summed E-state index contributed by atoms with van der Waals surface area (Å²) in [6.07, 6.45) is 3.50. The van der Waals surface area contributed by atoms with Gasteiger partial charge < -0.3 is 10.6 Å². The lowest BCUT2D eigenvalue weighted by molar-refractivity contribution is -0.113. The molecule has 0 aliphatic carbocycles. The summed E-state index contributed by atoms with van der Waals surface area (Å²) in [5.74, 6) is -0.0635. The van der Waals surface area contributed by atoms with E-state index in [2.05, 4.69) is 15.6 Å². The largest absolute Gasteiger partial charge is 0.348 e. The molecule has 33 heavy (non-hydrogen) atoms. The van der Waals surface area contributed by atoms with Crippen LogP contribution < -0.4 is 10.6 Å². The van der Waals surface area contributed by atoms with Crippen LogP contribution in [0.1, 0.15) is 15.9 Å². The van der Waals surface area contributed by atoms with E-state index in [0.717, 1.165) is 11.3 Å². The number of nitrogens with one attached hydrogen (secondary N) is 2. The zero-order chi connectivity index (χ0) is 23.0. The van der Waals surface area contributed by atoms with Gasteiger partial charge in [0.2, 0.25) is 5.91 Å². The number of thioether (sulfide) groups is 1. The van der Waals surface area contributed by atoms with Crippen molar-refractivity contribution in [3.63, 3.8) is 0 Å². The predicted molar refractivity (Wildman–Crippen MR) is 132 cm³/mol. The average Bonchev–Trinajstić information content (AvgIpc) is 3.32. The van der Waals surface area contributed by atoms with Crippen LogP contribution in [0.2, 0.25) is 5.02 Å². The van der Waals surface area contributed by atoms with Gasteiger partial charge in [-0.2, -0.15) is 0 Å². The molecular formula is C25H21ClN4O2S. The maximum absolute atomic E-state index is 12.4. The molecule has 0 radical (unpaired) electrons.